The molecule has 1 rings (SSSR count). The lowest BCUT2D eigenvalue weighted by atomic mass is 10.5. The highest BCUT2D eigenvalue weighted by Gasteiger charge is 1.96. The van der Waals surface area contributed by atoms with E-state index in [0.29, 0.717) is 6.54 Å². The Morgan fingerprint density at radius 3 is 3.25 bits per heavy atom. The third-order valence-electron chi connectivity index (χ3n) is 0.975. The molecule has 0 saturated carbocycles. The van der Waals surface area contributed by atoms with E-state index in [9.17, 15) is 4.79 Å². The molecule has 0 saturated heterocycles. The summed E-state index contributed by atoms with van der Waals surface area (Å²) in [6.07, 6.45) is 0. The van der Waals surface area contributed by atoms with Gasteiger partial charge in [-0.2, -0.15) is 5.48 Å². The van der Waals surface area contributed by atoms with Gasteiger partial charge in [0, 0.05) is 5.38 Å². The van der Waals surface area contributed by atoms with Gasteiger partial charge in [-0.15, -0.1) is 5.10 Å². The summed E-state index contributed by atoms with van der Waals surface area (Å²) in [6, 6.07) is 0. The summed E-state index contributed by atoms with van der Waals surface area (Å²) in [7, 11) is 0. The number of hydrogen-bond acceptors (Lipinski definition) is 6. The Bertz CT molecular complexity index is 238. The molecule has 0 spiro atoms. The molecule has 0 aliphatic carbocycles. The molecular formula is C5H8N4O2S. The lowest BCUT2D eigenvalue weighted by Gasteiger charge is -1.99. The van der Waals surface area contributed by atoms with Gasteiger partial charge in [-0.1, -0.05) is 4.49 Å². The number of rotatable bonds is 5. The predicted molar refractivity (Wildman–Crippen MR) is 41.9 cm³/mol. The second-order valence-corrected chi connectivity index (χ2v) is 2.58. The monoisotopic (exact) mass is 188 g/mol. The number of amides is 1. The van der Waals surface area contributed by atoms with Crippen molar-refractivity contribution >= 4 is 17.4 Å². The molecule has 0 aliphatic heterocycles. The Kier molecular flexibility index (Phi) is 3.58. The van der Waals surface area contributed by atoms with Gasteiger partial charge >= 0.3 is 0 Å². The number of hydrogen-bond donors (Lipinski definition) is 2. The molecule has 0 bridgehead atoms. The van der Waals surface area contributed by atoms with Crippen molar-refractivity contribution in [1.29, 1.82) is 0 Å². The van der Waals surface area contributed by atoms with Gasteiger partial charge < -0.3 is 5.73 Å². The Morgan fingerprint density at radius 2 is 2.67 bits per heavy atom. The van der Waals surface area contributed by atoms with Gasteiger partial charge in [-0.25, -0.2) is 0 Å². The second kappa shape index (κ2) is 4.75. The molecule has 1 aromatic heterocycles. The molecule has 1 heterocycles. The molecule has 1 amide bonds. The van der Waals surface area contributed by atoms with Crippen molar-refractivity contribution in [2.24, 2.45) is 5.73 Å². The summed E-state index contributed by atoms with van der Waals surface area (Å²) >= 11 is 1.26. The molecule has 1 aromatic rings. The van der Waals surface area contributed by atoms with E-state index in [-0.39, 0.29) is 6.61 Å². The standard InChI is InChI=1S/C5H8N4O2S/c6-5(10)2-11-7-1-4-3-12-9-8-4/h3,7H,1-2H2,(H2,6,10). The minimum atomic E-state index is -0.515. The van der Waals surface area contributed by atoms with E-state index >= 15 is 0 Å². The Hall–Kier alpha value is -1.05. The van der Waals surface area contributed by atoms with E-state index in [2.05, 4.69) is 19.9 Å². The Balaban J connectivity index is 2.07. The third-order valence-corrected chi connectivity index (χ3v) is 1.53. The molecule has 0 fully saturated rings. The summed E-state index contributed by atoms with van der Waals surface area (Å²) in [4.78, 5) is 14.9. The zero-order valence-electron chi connectivity index (χ0n) is 6.19. The van der Waals surface area contributed by atoms with Crippen molar-refractivity contribution in [1.82, 2.24) is 15.1 Å². The van der Waals surface area contributed by atoms with Crippen LogP contribution in [0.15, 0.2) is 5.38 Å². The first-order chi connectivity index (χ1) is 5.79. The average Bonchev–Trinajstić information content (AvgIpc) is 2.49. The number of nitrogens with zero attached hydrogens (tertiary/aromatic N) is 2. The largest absolute Gasteiger partial charge is 0.368 e. The molecular weight excluding hydrogens is 180 g/mol. The van der Waals surface area contributed by atoms with Crippen LogP contribution in [-0.2, 0) is 16.2 Å². The first-order valence-electron chi connectivity index (χ1n) is 3.18. The van der Waals surface area contributed by atoms with Crippen molar-refractivity contribution in [3.05, 3.63) is 11.1 Å². The van der Waals surface area contributed by atoms with Crippen molar-refractivity contribution in [2.75, 3.05) is 6.61 Å². The van der Waals surface area contributed by atoms with Crippen molar-refractivity contribution < 1.29 is 9.63 Å². The van der Waals surface area contributed by atoms with Crippen LogP contribution in [0.1, 0.15) is 5.69 Å². The molecule has 66 valence electrons. The molecule has 0 atom stereocenters. The summed E-state index contributed by atoms with van der Waals surface area (Å²) in [5, 5.41) is 5.52. The van der Waals surface area contributed by atoms with Crippen molar-refractivity contribution in [3.8, 4) is 0 Å². The molecule has 0 unspecified atom stereocenters. The highest BCUT2D eigenvalue weighted by Crippen LogP contribution is 1.94. The summed E-state index contributed by atoms with van der Waals surface area (Å²) in [6.45, 7) is 0.279. The molecule has 7 heteroatoms. The molecule has 12 heavy (non-hydrogen) atoms. The molecule has 0 radical (unpaired) electrons. The van der Waals surface area contributed by atoms with Gasteiger partial charge in [0.1, 0.15) is 6.61 Å². The van der Waals surface area contributed by atoms with Crippen LogP contribution in [0.3, 0.4) is 0 Å². The van der Waals surface area contributed by atoms with Crippen molar-refractivity contribution in [2.45, 2.75) is 6.54 Å². The van der Waals surface area contributed by atoms with Crippen LogP contribution in [-0.4, -0.2) is 22.1 Å². The number of aromatic nitrogens is 2. The van der Waals surface area contributed by atoms with E-state index in [1.165, 1.54) is 11.5 Å². The normalized spacial score (nSPS) is 10.0. The second-order valence-electron chi connectivity index (χ2n) is 1.97. The minimum Gasteiger partial charge on any atom is -0.368 e. The maximum atomic E-state index is 10.2. The number of primary amides is 1. The predicted octanol–water partition coefficient (Wildman–Crippen LogP) is -0.955. The smallest absolute Gasteiger partial charge is 0.245 e. The maximum Gasteiger partial charge on any atom is 0.245 e. The van der Waals surface area contributed by atoms with Gasteiger partial charge in [0.25, 0.3) is 0 Å². The third kappa shape index (κ3) is 3.37. The van der Waals surface area contributed by atoms with Crippen LogP contribution in [0.5, 0.6) is 0 Å². The Morgan fingerprint density at radius 1 is 1.83 bits per heavy atom. The number of hydroxylamine groups is 1. The number of carbonyl (C=O) groups is 1. The lowest BCUT2D eigenvalue weighted by molar-refractivity contribution is -0.125. The fourth-order valence-electron chi connectivity index (χ4n) is 0.508. The lowest BCUT2D eigenvalue weighted by Crippen LogP contribution is -2.24. The van der Waals surface area contributed by atoms with E-state index in [0.717, 1.165) is 5.69 Å². The van der Waals surface area contributed by atoms with E-state index in [4.69, 9.17) is 5.73 Å². The molecule has 6 nitrogen and oxygen atoms in total. The average molecular weight is 188 g/mol. The maximum absolute atomic E-state index is 10.2. The fourth-order valence-corrected chi connectivity index (χ4v) is 0.959. The van der Waals surface area contributed by atoms with Crippen molar-refractivity contribution in [3.63, 3.8) is 0 Å². The molecule has 3 N–H and O–H groups in total. The first-order valence-corrected chi connectivity index (χ1v) is 4.01. The number of carbonyl (C=O) groups excluding carboxylic acids is 1. The summed E-state index contributed by atoms with van der Waals surface area (Å²) in [5.74, 6) is -0.515. The zero-order valence-corrected chi connectivity index (χ0v) is 7.00. The Labute approximate surface area is 72.8 Å². The van der Waals surface area contributed by atoms with Crippen LogP contribution >= 0.6 is 11.5 Å². The zero-order chi connectivity index (χ0) is 8.81. The summed E-state index contributed by atoms with van der Waals surface area (Å²) < 4.78 is 3.64. The molecule has 0 aliphatic rings. The molecule has 0 aromatic carbocycles. The van der Waals surface area contributed by atoms with Gasteiger partial charge in [-0.05, 0) is 11.5 Å². The highest BCUT2D eigenvalue weighted by molar-refractivity contribution is 7.03. The number of nitrogens with two attached hydrogens (primary N) is 1. The van der Waals surface area contributed by atoms with E-state index in [1.54, 1.807) is 5.38 Å². The van der Waals surface area contributed by atoms with Gasteiger partial charge in [0.2, 0.25) is 5.91 Å². The van der Waals surface area contributed by atoms with Gasteiger partial charge in [-0.3, -0.25) is 9.63 Å². The van der Waals surface area contributed by atoms with E-state index in [1.807, 2.05) is 0 Å². The minimum absolute atomic E-state index is 0.141. The van der Waals surface area contributed by atoms with Crippen LogP contribution in [0, 0.1) is 0 Å². The van der Waals surface area contributed by atoms with E-state index < -0.39 is 5.91 Å². The summed E-state index contributed by atoms with van der Waals surface area (Å²) in [5.41, 5.74) is 8.11. The first kappa shape index (κ1) is 9.04. The van der Waals surface area contributed by atoms with Crippen LogP contribution in [0.4, 0.5) is 0 Å². The van der Waals surface area contributed by atoms with Crippen LogP contribution < -0.4 is 11.2 Å². The van der Waals surface area contributed by atoms with Crippen LogP contribution in [0.25, 0.3) is 0 Å². The topological polar surface area (TPSA) is 90.1 Å². The fraction of sp³-hybridized carbons (Fsp3) is 0.400. The van der Waals surface area contributed by atoms with Gasteiger partial charge in [0.15, 0.2) is 0 Å². The SMILES string of the molecule is NC(=O)CONCc1csnn1. The highest BCUT2D eigenvalue weighted by atomic mass is 32.1. The van der Waals surface area contributed by atoms with Gasteiger partial charge in [0.05, 0.1) is 12.2 Å². The van der Waals surface area contributed by atoms with Crippen LogP contribution in [0.2, 0.25) is 0 Å². The number of nitrogens with one attached hydrogen (secondary N) is 1. The quantitative estimate of drug-likeness (QED) is 0.459.